The van der Waals surface area contributed by atoms with Crippen molar-refractivity contribution in [3.63, 3.8) is 0 Å². The van der Waals surface area contributed by atoms with E-state index in [1.165, 1.54) is 32.4 Å². The summed E-state index contributed by atoms with van der Waals surface area (Å²) in [4.78, 5) is 0. The van der Waals surface area contributed by atoms with Crippen LogP contribution < -0.4 is 5.32 Å². The van der Waals surface area contributed by atoms with E-state index < -0.39 is 0 Å². The van der Waals surface area contributed by atoms with Crippen molar-refractivity contribution in [2.75, 3.05) is 13.1 Å². The van der Waals surface area contributed by atoms with Crippen LogP contribution in [-0.4, -0.2) is 13.1 Å². The molecule has 13 heavy (non-hydrogen) atoms. The number of hydrogen-bond donors (Lipinski definition) is 1. The first-order valence-corrected chi connectivity index (χ1v) is 5.73. The van der Waals surface area contributed by atoms with Crippen molar-refractivity contribution < 1.29 is 0 Å². The van der Waals surface area contributed by atoms with E-state index in [9.17, 15) is 0 Å². The van der Waals surface area contributed by atoms with E-state index in [0.717, 1.165) is 11.8 Å². The van der Waals surface area contributed by atoms with Crippen LogP contribution in [0.25, 0.3) is 0 Å². The molecule has 0 aromatic rings. The van der Waals surface area contributed by atoms with Crippen molar-refractivity contribution in [3.05, 3.63) is 0 Å². The second-order valence-electron chi connectivity index (χ2n) is 5.62. The van der Waals surface area contributed by atoms with Crippen LogP contribution in [0.1, 0.15) is 47.0 Å². The smallest absolute Gasteiger partial charge is 0.000518 e. The van der Waals surface area contributed by atoms with Crippen LogP contribution in [0.2, 0.25) is 0 Å². The Morgan fingerprint density at radius 1 is 1.38 bits per heavy atom. The molecule has 0 aromatic heterocycles. The van der Waals surface area contributed by atoms with Crippen molar-refractivity contribution >= 4 is 0 Å². The van der Waals surface area contributed by atoms with Crippen molar-refractivity contribution in [3.8, 4) is 0 Å². The maximum atomic E-state index is 3.49. The predicted octanol–water partition coefficient (Wildman–Crippen LogP) is 3.06. The zero-order valence-electron chi connectivity index (χ0n) is 9.69. The summed E-state index contributed by atoms with van der Waals surface area (Å²) in [5.74, 6) is 1.81. The van der Waals surface area contributed by atoms with Crippen LogP contribution in [0.5, 0.6) is 0 Å². The van der Waals surface area contributed by atoms with Crippen LogP contribution in [0, 0.1) is 17.3 Å². The first kappa shape index (κ1) is 11.0. The number of rotatable bonds is 3. The van der Waals surface area contributed by atoms with Crippen molar-refractivity contribution in [1.82, 2.24) is 5.32 Å². The van der Waals surface area contributed by atoms with Gasteiger partial charge in [0.05, 0.1) is 0 Å². The summed E-state index contributed by atoms with van der Waals surface area (Å²) in [6.07, 6.45) is 4.19. The van der Waals surface area contributed by atoms with Gasteiger partial charge < -0.3 is 5.32 Å². The Kier molecular flexibility index (Phi) is 3.78. The van der Waals surface area contributed by atoms with Gasteiger partial charge in [-0.15, -0.1) is 0 Å². The van der Waals surface area contributed by atoms with Gasteiger partial charge in [-0.1, -0.05) is 34.1 Å². The quantitative estimate of drug-likeness (QED) is 0.709. The van der Waals surface area contributed by atoms with Crippen molar-refractivity contribution in [2.24, 2.45) is 17.3 Å². The molecule has 1 nitrogen and oxygen atoms in total. The molecule has 1 fully saturated rings. The molecule has 78 valence electrons. The molecule has 0 aliphatic carbocycles. The highest BCUT2D eigenvalue weighted by atomic mass is 14.9. The Labute approximate surface area is 83.3 Å². The maximum absolute atomic E-state index is 3.49. The lowest BCUT2D eigenvalue weighted by atomic mass is 9.72. The molecule has 0 saturated carbocycles. The molecule has 1 N–H and O–H groups in total. The van der Waals surface area contributed by atoms with Gasteiger partial charge in [-0.25, -0.2) is 0 Å². The molecule has 1 heterocycles. The monoisotopic (exact) mass is 183 g/mol. The first-order valence-electron chi connectivity index (χ1n) is 5.73. The molecular weight excluding hydrogens is 158 g/mol. The fourth-order valence-electron chi connectivity index (χ4n) is 2.29. The van der Waals surface area contributed by atoms with E-state index in [2.05, 4.69) is 33.0 Å². The van der Waals surface area contributed by atoms with Crippen LogP contribution in [0.15, 0.2) is 0 Å². The average Bonchev–Trinajstić information content (AvgIpc) is 2.01. The molecule has 1 aliphatic heterocycles. The molecule has 1 heteroatoms. The zero-order valence-corrected chi connectivity index (χ0v) is 9.69. The lowest BCUT2D eigenvalue weighted by Gasteiger charge is -2.39. The molecule has 1 rings (SSSR count). The molecule has 0 bridgehead atoms. The average molecular weight is 183 g/mol. The minimum absolute atomic E-state index is 0.521. The van der Waals surface area contributed by atoms with E-state index in [-0.39, 0.29) is 0 Å². The van der Waals surface area contributed by atoms with Gasteiger partial charge in [0.1, 0.15) is 0 Å². The van der Waals surface area contributed by atoms with Crippen molar-refractivity contribution in [1.29, 1.82) is 0 Å². The van der Waals surface area contributed by atoms with Gasteiger partial charge in [-0.05, 0) is 36.6 Å². The molecular formula is C12H25N. The van der Waals surface area contributed by atoms with Gasteiger partial charge in [0.15, 0.2) is 0 Å². The third-order valence-electron chi connectivity index (χ3n) is 3.45. The Balaban J connectivity index is 2.37. The van der Waals surface area contributed by atoms with Crippen LogP contribution >= 0.6 is 0 Å². The Morgan fingerprint density at radius 2 is 2.08 bits per heavy atom. The van der Waals surface area contributed by atoms with Gasteiger partial charge >= 0.3 is 0 Å². The summed E-state index contributed by atoms with van der Waals surface area (Å²) in [6, 6.07) is 0. The zero-order chi connectivity index (χ0) is 9.90. The number of hydrogen-bond acceptors (Lipinski definition) is 1. The Morgan fingerprint density at radius 3 is 2.62 bits per heavy atom. The van der Waals surface area contributed by atoms with Gasteiger partial charge in [0, 0.05) is 6.54 Å². The second-order valence-corrected chi connectivity index (χ2v) is 5.62. The minimum atomic E-state index is 0.521. The summed E-state index contributed by atoms with van der Waals surface area (Å²) in [6.45, 7) is 11.9. The molecule has 0 aromatic carbocycles. The van der Waals surface area contributed by atoms with E-state index >= 15 is 0 Å². The van der Waals surface area contributed by atoms with E-state index in [4.69, 9.17) is 0 Å². The largest absolute Gasteiger partial charge is 0.316 e. The second kappa shape index (κ2) is 4.45. The number of piperidine rings is 1. The summed E-state index contributed by atoms with van der Waals surface area (Å²) in [7, 11) is 0. The topological polar surface area (TPSA) is 12.0 Å². The molecule has 0 spiro atoms. The maximum Gasteiger partial charge on any atom is 0.000518 e. The molecule has 1 aliphatic rings. The standard InChI is InChI=1S/C12H25N/c1-10(2)5-6-11-7-8-13-9-12(11,3)4/h10-11,13H,5-9H2,1-4H3. The number of nitrogens with one attached hydrogen (secondary N) is 1. The van der Waals surface area contributed by atoms with E-state index in [1.54, 1.807) is 0 Å². The highest BCUT2D eigenvalue weighted by molar-refractivity contribution is 4.85. The van der Waals surface area contributed by atoms with Crippen LogP contribution in [0.3, 0.4) is 0 Å². The highest BCUT2D eigenvalue weighted by Gasteiger charge is 2.31. The molecule has 1 saturated heterocycles. The minimum Gasteiger partial charge on any atom is -0.316 e. The van der Waals surface area contributed by atoms with Crippen LogP contribution in [-0.2, 0) is 0 Å². The van der Waals surface area contributed by atoms with Crippen LogP contribution in [0.4, 0.5) is 0 Å². The first-order chi connectivity index (χ1) is 6.02. The normalized spacial score (nSPS) is 27.9. The lowest BCUT2D eigenvalue weighted by molar-refractivity contribution is 0.140. The Hall–Kier alpha value is -0.0400. The highest BCUT2D eigenvalue weighted by Crippen LogP contribution is 2.35. The summed E-state index contributed by atoms with van der Waals surface area (Å²) < 4.78 is 0. The summed E-state index contributed by atoms with van der Waals surface area (Å²) in [5.41, 5.74) is 0.521. The fraction of sp³-hybridized carbons (Fsp3) is 1.00. The lowest BCUT2D eigenvalue weighted by Crippen LogP contribution is -2.42. The molecule has 0 radical (unpaired) electrons. The van der Waals surface area contributed by atoms with Gasteiger partial charge in [0.2, 0.25) is 0 Å². The van der Waals surface area contributed by atoms with Crippen molar-refractivity contribution in [2.45, 2.75) is 47.0 Å². The SMILES string of the molecule is CC(C)CCC1CCNCC1(C)C. The third-order valence-corrected chi connectivity index (χ3v) is 3.45. The van der Waals surface area contributed by atoms with Gasteiger partial charge in [0.25, 0.3) is 0 Å². The fourth-order valence-corrected chi connectivity index (χ4v) is 2.29. The van der Waals surface area contributed by atoms with Gasteiger partial charge in [-0.2, -0.15) is 0 Å². The van der Waals surface area contributed by atoms with Gasteiger partial charge in [-0.3, -0.25) is 0 Å². The summed E-state index contributed by atoms with van der Waals surface area (Å²) in [5, 5.41) is 3.49. The molecule has 1 atom stereocenters. The molecule has 0 amide bonds. The predicted molar refractivity (Wildman–Crippen MR) is 58.8 cm³/mol. The third kappa shape index (κ3) is 3.30. The molecule has 1 unspecified atom stereocenters. The van der Waals surface area contributed by atoms with E-state index in [1.807, 2.05) is 0 Å². The van der Waals surface area contributed by atoms with E-state index in [0.29, 0.717) is 5.41 Å². The summed E-state index contributed by atoms with van der Waals surface area (Å²) >= 11 is 0. The Bertz CT molecular complexity index is 149.